The Morgan fingerprint density at radius 3 is 2.21 bits per heavy atom. The zero-order valence-electron chi connectivity index (χ0n) is 25.2. The number of benzene rings is 3. The Morgan fingerprint density at radius 2 is 1.60 bits per heavy atom. The SMILES string of the molecule is CCCCNC(=O)[C@H](C)N(Cc1cccc(C)c1)C(=O)CN(c1ccc(C)cc1)S(=O)(=O)c1ccc(OC)c(OC)c1. The lowest BCUT2D eigenvalue weighted by Crippen LogP contribution is -2.51. The molecule has 9 nitrogen and oxygen atoms in total. The van der Waals surface area contributed by atoms with Crippen molar-refractivity contribution in [3.63, 3.8) is 0 Å². The van der Waals surface area contributed by atoms with Crippen LogP contribution in [0.5, 0.6) is 11.5 Å². The van der Waals surface area contributed by atoms with Gasteiger partial charge in [0.25, 0.3) is 10.0 Å². The van der Waals surface area contributed by atoms with Gasteiger partial charge in [0.05, 0.1) is 24.8 Å². The number of aryl methyl sites for hydroxylation is 2. The lowest BCUT2D eigenvalue weighted by molar-refractivity contribution is -0.139. The lowest BCUT2D eigenvalue weighted by atomic mass is 10.1. The molecule has 0 aliphatic heterocycles. The van der Waals surface area contributed by atoms with Crippen LogP contribution in [0.2, 0.25) is 0 Å². The molecule has 0 bridgehead atoms. The number of nitrogens with zero attached hydrogens (tertiary/aromatic N) is 2. The molecule has 0 saturated carbocycles. The molecule has 0 fully saturated rings. The second-order valence-electron chi connectivity index (χ2n) is 10.2. The largest absolute Gasteiger partial charge is 0.493 e. The third-order valence-electron chi connectivity index (χ3n) is 6.98. The van der Waals surface area contributed by atoms with E-state index in [1.54, 1.807) is 31.2 Å². The molecular weight excluding hydrogens is 554 g/mol. The third kappa shape index (κ3) is 8.03. The molecule has 0 spiro atoms. The van der Waals surface area contributed by atoms with Crippen LogP contribution in [0.3, 0.4) is 0 Å². The highest BCUT2D eigenvalue weighted by atomic mass is 32.2. The molecular formula is C32H41N3O6S. The van der Waals surface area contributed by atoms with Gasteiger partial charge in [0.2, 0.25) is 11.8 Å². The van der Waals surface area contributed by atoms with Crippen LogP contribution >= 0.6 is 0 Å². The summed E-state index contributed by atoms with van der Waals surface area (Å²) in [6.45, 7) is 7.65. The Morgan fingerprint density at radius 1 is 0.905 bits per heavy atom. The molecule has 226 valence electrons. The maximum atomic E-state index is 14.1. The fourth-order valence-electron chi connectivity index (χ4n) is 4.47. The molecule has 0 aliphatic rings. The van der Waals surface area contributed by atoms with Crippen LogP contribution in [-0.4, -0.2) is 58.5 Å². The van der Waals surface area contributed by atoms with Gasteiger partial charge >= 0.3 is 0 Å². The number of ether oxygens (including phenoxy) is 2. The molecule has 3 aromatic rings. The van der Waals surface area contributed by atoms with Gasteiger partial charge in [-0.1, -0.05) is 60.9 Å². The maximum Gasteiger partial charge on any atom is 0.264 e. The van der Waals surface area contributed by atoms with Gasteiger partial charge in [-0.3, -0.25) is 13.9 Å². The van der Waals surface area contributed by atoms with Gasteiger partial charge in [0.15, 0.2) is 11.5 Å². The van der Waals surface area contributed by atoms with Gasteiger partial charge in [-0.15, -0.1) is 0 Å². The lowest BCUT2D eigenvalue weighted by Gasteiger charge is -2.32. The van der Waals surface area contributed by atoms with Crippen LogP contribution in [-0.2, 0) is 26.2 Å². The summed E-state index contributed by atoms with van der Waals surface area (Å²) in [5.41, 5.74) is 3.10. The number of carbonyl (C=O) groups excluding carboxylic acids is 2. The van der Waals surface area contributed by atoms with E-state index in [-0.39, 0.29) is 23.1 Å². The molecule has 0 aromatic heterocycles. The van der Waals surface area contributed by atoms with Gasteiger partial charge < -0.3 is 19.7 Å². The zero-order chi connectivity index (χ0) is 30.9. The Balaban J connectivity index is 2.04. The Bertz CT molecular complexity index is 1470. The van der Waals surface area contributed by atoms with E-state index in [2.05, 4.69) is 5.32 Å². The quantitative estimate of drug-likeness (QED) is 0.267. The van der Waals surface area contributed by atoms with Crippen molar-refractivity contribution in [3.8, 4) is 11.5 Å². The number of rotatable bonds is 14. The van der Waals surface area contributed by atoms with E-state index in [1.165, 1.54) is 37.3 Å². The van der Waals surface area contributed by atoms with Crippen LogP contribution in [0.25, 0.3) is 0 Å². The predicted octanol–water partition coefficient (Wildman–Crippen LogP) is 4.85. The third-order valence-corrected chi connectivity index (χ3v) is 8.75. The highest BCUT2D eigenvalue weighted by Crippen LogP contribution is 2.32. The molecule has 0 aliphatic carbocycles. The number of amides is 2. The number of anilines is 1. The van der Waals surface area contributed by atoms with Gasteiger partial charge in [-0.2, -0.15) is 0 Å². The second-order valence-corrected chi connectivity index (χ2v) is 12.1. The van der Waals surface area contributed by atoms with Crippen molar-refractivity contribution >= 4 is 27.5 Å². The first-order valence-corrected chi connectivity index (χ1v) is 15.4. The van der Waals surface area contributed by atoms with Crippen molar-refractivity contribution in [2.45, 2.75) is 58.0 Å². The average Bonchev–Trinajstić information content (AvgIpc) is 2.98. The summed E-state index contributed by atoms with van der Waals surface area (Å²) in [4.78, 5) is 28.5. The number of hydrogen-bond donors (Lipinski definition) is 1. The fraction of sp³-hybridized carbons (Fsp3) is 0.375. The maximum absolute atomic E-state index is 14.1. The van der Waals surface area contributed by atoms with Crippen LogP contribution in [0.15, 0.2) is 71.6 Å². The standard InChI is InChI=1S/C32H41N3O6S/c1-7-8-18-33-32(37)25(4)34(21-26-11-9-10-24(3)19-26)31(36)22-35(27-14-12-23(2)13-15-27)42(38,39)28-16-17-29(40-5)30(20-28)41-6/h9-17,19-20,25H,7-8,18,21-22H2,1-6H3,(H,33,37)/t25-/m0/s1. The van der Waals surface area contributed by atoms with Crippen LogP contribution < -0.4 is 19.1 Å². The summed E-state index contributed by atoms with van der Waals surface area (Å²) in [5, 5.41) is 2.90. The van der Waals surface area contributed by atoms with Gasteiger partial charge in [0, 0.05) is 19.2 Å². The van der Waals surface area contributed by atoms with E-state index in [4.69, 9.17) is 9.47 Å². The minimum atomic E-state index is -4.25. The first-order valence-electron chi connectivity index (χ1n) is 14.0. The fourth-order valence-corrected chi connectivity index (χ4v) is 5.90. The van der Waals surface area contributed by atoms with Crippen LogP contribution in [0.1, 0.15) is 43.4 Å². The zero-order valence-corrected chi connectivity index (χ0v) is 26.0. The van der Waals surface area contributed by atoms with Crippen molar-refractivity contribution in [1.82, 2.24) is 10.2 Å². The summed E-state index contributed by atoms with van der Waals surface area (Å²) in [5.74, 6) is -0.192. The molecule has 0 saturated heterocycles. The number of carbonyl (C=O) groups is 2. The second kappa shape index (κ2) is 14.7. The van der Waals surface area contributed by atoms with Crippen molar-refractivity contribution < 1.29 is 27.5 Å². The van der Waals surface area contributed by atoms with Crippen molar-refractivity contribution in [1.29, 1.82) is 0 Å². The molecule has 2 amide bonds. The van der Waals surface area contributed by atoms with Crippen LogP contribution in [0.4, 0.5) is 5.69 Å². The number of nitrogens with one attached hydrogen (secondary N) is 1. The van der Waals surface area contributed by atoms with E-state index in [0.29, 0.717) is 18.0 Å². The van der Waals surface area contributed by atoms with Gasteiger partial charge in [0.1, 0.15) is 12.6 Å². The Kier molecular flexibility index (Phi) is 11.4. The van der Waals surface area contributed by atoms with E-state index < -0.39 is 28.5 Å². The van der Waals surface area contributed by atoms with E-state index in [0.717, 1.165) is 33.8 Å². The minimum absolute atomic E-state index is 0.0656. The highest BCUT2D eigenvalue weighted by Gasteiger charge is 2.33. The first-order chi connectivity index (χ1) is 20.0. The van der Waals surface area contributed by atoms with Gasteiger partial charge in [-0.25, -0.2) is 8.42 Å². The summed E-state index contributed by atoms with van der Waals surface area (Å²) >= 11 is 0. The normalized spacial score (nSPS) is 11.9. The predicted molar refractivity (Wildman–Crippen MR) is 164 cm³/mol. The number of hydrogen-bond acceptors (Lipinski definition) is 6. The van der Waals surface area contributed by atoms with Crippen molar-refractivity contribution in [2.24, 2.45) is 0 Å². The molecule has 1 atom stereocenters. The van der Waals surface area contributed by atoms with E-state index >= 15 is 0 Å². The molecule has 0 unspecified atom stereocenters. The smallest absolute Gasteiger partial charge is 0.264 e. The number of sulfonamides is 1. The molecule has 1 N–H and O–H groups in total. The number of methoxy groups -OCH3 is 2. The summed E-state index contributed by atoms with van der Waals surface area (Å²) < 4.78 is 39.9. The Hall–Kier alpha value is -4.05. The Labute approximate surface area is 249 Å². The topological polar surface area (TPSA) is 105 Å². The molecule has 3 rings (SSSR count). The first kappa shape index (κ1) is 32.5. The van der Waals surface area contributed by atoms with Gasteiger partial charge in [-0.05, 0) is 57.0 Å². The summed E-state index contributed by atoms with van der Waals surface area (Å²) in [6.07, 6.45) is 1.73. The highest BCUT2D eigenvalue weighted by molar-refractivity contribution is 7.92. The van der Waals surface area contributed by atoms with E-state index in [1.807, 2.05) is 45.0 Å². The van der Waals surface area contributed by atoms with Crippen molar-refractivity contribution in [2.75, 3.05) is 31.6 Å². The van der Waals surface area contributed by atoms with Crippen molar-refractivity contribution in [3.05, 3.63) is 83.4 Å². The monoisotopic (exact) mass is 595 g/mol. The molecule has 0 heterocycles. The van der Waals surface area contributed by atoms with Crippen LogP contribution in [0, 0.1) is 13.8 Å². The molecule has 3 aromatic carbocycles. The number of unbranched alkanes of at least 4 members (excludes halogenated alkanes) is 1. The van der Waals surface area contributed by atoms with E-state index in [9.17, 15) is 18.0 Å². The molecule has 42 heavy (non-hydrogen) atoms. The average molecular weight is 596 g/mol. The minimum Gasteiger partial charge on any atom is -0.493 e. The summed E-state index contributed by atoms with van der Waals surface area (Å²) in [7, 11) is -1.36. The molecule has 0 radical (unpaired) electrons. The summed E-state index contributed by atoms with van der Waals surface area (Å²) in [6, 6.07) is 18.0. The molecule has 10 heteroatoms.